The lowest BCUT2D eigenvalue weighted by molar-refractivity contribution is -0.136. The molecule has 0 spiro atoms. The summed E-state index contributed by atoms with van der Waals surface area (Å²) < 4.78 is 16.5. The van der Waals surface area contributed by atoms with Crippen LogP contribution in [0.2, 0.25) is 0 Å². The Kier molecular flexibility index (Phi) is 7.10. The quantitative estimate of drug-likeness (QED) is 0.681. The van der Waals surface area contributed by atoms with E-state index in [2.05, 4.69) is 0 Å². The summed E-state index contributed by atoms with van der Waals surface area (Å²) in [7, 11) is 6.55. The zero-order chi connectivity index (χ0) is 21.8. The molecule has 1 aliphatic carbocycles. The van der Waals surface area contributed by atoms with Gasteiger partial charge in [-0.1, -0.05) is 12.8 Å². The number of methoxy groups -OCH3 is 3. The van der Waals surface area contributed by atoms with Crippen molar-refractivity contribution in [3.05, 3.63) is 17.7 Å². The van der Waals surface area contributed by atoms with Gasteiger partial charge in [-0.15, -0.1) is 0 Å². The first-order valence-electron chi connectivity index (χ1n) is 10.8. The number of carbonyl (C=O) groups is 2. The van der Waals surface area contributed by atoms with Crippen molar-refractivity contribution in [3.8, 4) is 17.2 Å². The Morgan fingerprint density at radius 2 is 1.63 bits per heavy atom. The molecule has 7 heteroatoms. The Morgan fingerprint density at radius 3 is 2.13 bits per heavy atom. The molecular weight excluding hydrogens is 384 g/mol. The number of nitrogens with zero attached hydrogens (tertiary/aromatic N) is 2. The summed E-state index contributed by atoms with van der Waals surface area (Å²) in [5, 5.41) is 0. The Labute approximate surface area is 179 Å². The first kappa shape index (κ1) is 22.2. The lowest BCUT2D eigenvalue weighted by Crippen LogP contribution is -2.37. The lowest BCUT2D eigenvalue weighted by Gasteiger charge is -2.24. The van der Waals surface area contributed by atoms with Crippen molar-refractivity contribution in [3.63, 3.8) is 0 Å². The van der Waals surface area contributed by atoms with Crippen molar-refractivity contribution >= 4 is 11.8 Å². The van der Waals surface area contributed by atoms with Gasteiger partial charge in [0.25, 0.3) is 0 Å². The fourth-order valence-electron chi connectivity index (χ4n) is 4.76. The molecule has 2 fully saturated rings. The largest absolute Gasteiger partial charge is 0.493 e. The van der Waals surface area contributed by atoms with Crippen molar-refractivity contribution in [2.45, 2.75) is 38.5 Å². The highest BCUT2D eigenvalue weighted by molar-refractivity contribution is 5.84. The van der Waals surface area contributed by atoms with Crippen LogP contribution < -0.4 is 14.2 Å². The van der Waals surface area contributed by atoms with Crippen molar-refractivity contribution in [2.24, 2.45) is 11.8 Å². The van der Waals surface area contributed by atoms with E-state index in [9.17, 15) is 9.59 Å². The number of carbonyl (C=O) groups excluding carboxylic acids is 2. The summed E-state index contributed by atoms with van der Waals surface area (Å²) in [4.78, 5) is 29.9. The topological polar surface area (TPSA) is 68.3 Å². The van der Waals surface area contributed by atoms with Crippen LogP contribution in [0.1, 0.15) is 44.1 Å². The van der Waals surface area contributed by atoms with Crippen LogP contribution >= 0.6 is 0 Å². The minimum Gasteiger partial charge on any atom is -0.493 e. The van der Waals surface area contributed by atoms with Crippen LogP contribution in [-0.4, -0.2) is 69.6 Å². The number of benzene rings is 1. The molecule has 0 bridgehead atoms. The average molecular weight is 419 g/mol. The summed E-state index contributed by atoms with van der Waals surface area (Å²) >= 11 is 0. The second-order valence-corrected chi connectivity index (χ2v) is 8.25. The van der Waals surface area contributed by atoms with Gasteiger partial charge in [-0.2, -0.15) is 0 Å². The zero-order valence-corrected chi connectivity index (χ0v) is 18.8. The number of rotatable bonds is 7. The molecule has 2 atom stereocenters. The van der Waals surface area contributed by atoms with E-state index in [1.165, 1.54) is 0 Å². The average Bonchev–Trinajstić information content (AvgIpc) is 3.46. The van der Waals surface area contributed by atoms with Crippen LogP contribution in [0.25, 0.3) is 0 Å². The van der Waals surface area contributed by atoms with Gasteiger partial charge in [0.2, 0.25) is 17.6 Å². The molecule has 1 saturated carbocycles. The van der Waals surface area contributed by atoms with E-state index in [-0.39, 0.29) is 29.6 Å². The summed E-state index contributed by atoms with van der Waals surface area (Å²) in [6.45, 7) is 3.58. The van der Waals surface area contributed by atoms with Gasteiger partial charge in [0, 0.05) is 38.5 Å². The molecule has 7 nitrogen and oxygen atoms in total. The van der Waals surface area contributed by atoms with Crippen molar-refractivity contribution in [1.29, 1.82) is 0 Å². The van der Waals surface area contributed by atoms with Crippen molar-refractivity contribution in [2.75, 3.05) is 48.0 Å². The van der Waals surface area contributed by atoms with Gasteiger partial charge in [-0.3, -0.25) is 9.59 Å². The molecule has 1 aliphatic heterocycles. The minimum absolute atomic E-state index is 0.0676. The van der Waals surface area contributed by atoms with Gasteiger partial charge in [0.15, 0.2) is 11.5 Å². The van der Waals surface area contributed by atoms with Crippen molar-refractivity contribution in [1.82, 2.24) is 9.80 Å². The molecule has 1 aromatic carbocycles. The fourth-order valence-corrected chi connectivity index (χ4v) is 4.76. The van der Waals surface area contributed by atoms with Crippen LogP contribution in [0.4, 0.5) is 0 Å². The SMILES string of the molecule is CCN(C)C(=O)[C@@H]1CN(C(=O)C2CCCC2)C[C@@H]1c1cc(OC)c(OC)c(OC)c1. The molecule has 166 valence electrons. The van der Waals surface area contributed by atoms with Crippen LogP contribution in [0, 0.1) is 11.8 Å². The van der Waals surface area contributed by atoms with Crippen molar-refractivity contribution < 1.29 is 23.8 Å². The highest BCUT2D eigenvalue weighted by Gasteiger charge is 2.43. The first-order valence-corrected chi connectivity index (χ1v) is 10.8. The lowest BCUT2D eigenvalue weighted by atomic mass is 9.87. The number of ether oxygens (including phenoxy) is 3. The molecule has 0 N–H and O–H groups in total. The van der Waals surface area contributed by atoms with E-state index < -0.39 is 0 Å². The third-order valence-electron chi connectivity index (χ3n) is 6.62. The summed E-state index contributed by atoms with van der Waals surface area (Å²) in [6, 6.07) is 3.81. The molecule has 1 saturated heterocycles. The molecular formula is C23H34N2O5. The standard InChI is InChI=1S/C23H34N2O5/c1-6-24(2)23(27)18-14-25(22(26)15-9-7-8-10-15)13-17(18)16-11-19(28-3)21(30-5)20(12-16)29-4/h11-12,15,17-18H,6-10,13-14H2,1-5H3/t17-,18-/m1/s1. The fraction of sp³-hybridized carbons (Fsp3) is 0.652. The predicted molar refractivity (Wildman–Crippen MR) is 114 cm³/mol. The highest BCUT2D eigenvalue weighted by atomic mass is 16.5. The molecule has 1 heterocycles. The van der Waals surface area contributed by atoms with Gasteiger partial charge < -0.3 is 24.0 Å². The molecule has 0 unspecified atom stereocenters. The zero-order valence-electron chi connectivity index (χ0n) is 18.8. The highest BCUT2D eigenvalue weighted by Crippen LogP contribution is 2.44. The summed E-state index contributed by atoms with van der Waals surface area (Å²) in [6.07, 6.45) is 4.14. The monoisotopic (exact) mass is 418 g/mol. The Hall–Kier alpha value is -2.44. The van der Waals surface area contributed by atoms with E-state index in [1.807, 2.05) is 31.0 Å². The van der Waals surface area contributed by atoms with Crippen LogP contribution in [0.15, 0.2) is 12.1 Å². The normalized spacial score (nSPS) is 21.6. The maximum atomic E-state index is 13.2. The van der Waals surface area contributed by atoms with Gasteiger partial charge >= 0.3 is 0 Å². The van der Waals surface area contributed by atoms with Gasteiger partial charge in [-0.25, -0.2) is 0 Å². The minimum atomic E-state index is -0.289. The molecule has 3 rings (SSSR count). The third-order valence-corrected chi connectivity index (χ3v) is 6.62. The molecule has 0 radical (unpaired) electrons. The van der Waals surface area contributed by atoms with E-state index in [0.717, 1.165) is 31.2 Å². The second-order valence-electron chi connectivity index (χ2n) is 8.25. The molecule has 1 aromatic rings. The Balaban J connectivity index is 1.96. The molecule has 2 amide bonds. The maximum Gasteiger partial charge on any atom is 0.227 e. The second kappa shape index (κ2) is 9.58. The number of hydrogen-bond donors (Lipinski definition) is 0. The number of hydrogen-bond acceptors (Lipinski definition) is 5. The third kappa shape index (κ3) is 4.20. The molecule has 0 aromatic heterocycles. The van der Waals surface area contributed by atoms with Gasteiger partial charge in [0.1, 0.15) is 0 Å². The van der Waals surface area contributed by atoms with E-state index in [4.69, 9.17) is 14.2 Å². The van der Waals surface area contributed by atoms with E-state index in [0.29, 0.717) is 36.9 Å². The smallest absolute Gasteiger partial charge is 0.227 e. The van der Waals surface area contributed by atoms with Crippen LogP contribution in [0.5, 0.6) is 17.2 Å². The first-order chi connectivity index (χ1) is 14.4. The Bertz CT molecular complexity index is 750. The molecule has 30 heavy (non-hydrogen) atoms. The summed E-state index contributed by atoms with van der Waals surface area (Å²) in [5.74, 6) is 1.59. The van der Waals surface area contributed by atoms with Gasteiger partial charge in [-0.05, 0) is 37.5 Å². The molecule has 2 aliphatic rings. The predicted octanol–water partition coefficient (Wildman–Crippen LogP) is 2.92. The van der Waals surface area contributed by atoms with Gasteiger partial charge in [0.05, 0.1) is 27.2 Å². The van der Waals surface area contributed by atoms with Crippen LogP contribution in [0.3, 0.4) is 0 Å². The maximum absolute atomic E-state index is 13.2. The Morgan fingerprint density at radius 1 is 1.03 bits per heavy atom. The number of amides is 2. The number of likely N-dealkylation sites (tertiary alicyclic amines) is 1. The summed E-state index contributed by atoms with van der Waals surface area (Å²) in [5.41, 5.74) is 0.925. The van der Waals surface area contributed by atoms with E-state index in [1.54, 1.807) is 26.2 Å². The van der Waals surface area contributed by atoms with Crippen LogP contribution in [-0.2, 0) is 9.59 Å². The van der Waals surface area contributed by atoms with E-state index >= 15 is 0 Å².